The fraction of sp³-hybridized carbons (Fsp3) is 0.400. The number of nitro benzene ring substituents is 1. The Bertz CT molecular complexity index is 971. The lowest BCUT2D eigenvalue weighted by molar-refractivity contribution is -0.892. The van der Waals surface area contributed by atoms with E-state index in [2.05, 4.69) is 16.3 Å². The van der Waals surface area contributed by atoms with Crippen LogP contribution in [-0.4, -0.2) is 43.6 Å². The van der Waals surface area contributed by atoms with Crippen molar-refractivity contribution in [2.24, 2.45) is 0 Å². The molecule has 150 valence electrons. The van der Waals surface area contributed by atoms with E-state index >= 15 is 0 Å². The number of amides is 1. The molecule has 9 heteroatoms. The normalized spacial score (nSPS) is 16.3. The zero-order chi connectivity index (χ0) is 20.4. The van der Waals surface area contributed by atoms with E-state index in [1.807, 2.05) is 0 Å². The first-order chi connectivity index (χ1) is 14.0. The fourth-order valence-corrected chi connectivity index (χ4v) is 5.31. The van der Waals surface area contributed by atoms with E-state index in [1.165, 1.54) is 21.9 Å². The average molecular weight is 412 g/mol. The quantitative estimate of drug-likeness (QED) is 0.570. The van der Waals surface area contributed by atoms with Gasteiger partial charge in [0.1, 0.15) is 11.1 Å². The molecule has 0 saturated carbocycles. The number of piperazine rings is 1. The number of benzene rings is 1. The van der Waals surface area contributed by atoms with Crippen LogP contribution in [-0.2, 0) is 17.6 Å². The highest BCUT2D eigenvalue weighted by Crippen LogP contribution is 2.38. The van der Waals surface area contributed by atoms with E-state index in [1.54, 1.807) is 23.5 Å². The summed E-state index contributed by atoms with van der Waals surface area (Å²) in [5, 5.41) is 23.9. The van der Waals surface area contributed by atoms with Crippen LogP contribution in [0.25, 0.3) is 0 Å². The number of carbonyl (C=O) groups is 1. The van der Waals surface area contributed by atoms with Crippen LogP contribution in [0.3, 0.4) is 0 Å². The fourth-order valence-electron chi connectivity index (χ4n) is 4.05. The van der Waals surface area contributed by atoms with E-state index in [9.17, 15) is 20.2 Å². The molecular formula is C20H22N5O3S+. The van der Waals surface area contributed by atoms with Gasteiger partial charge in [-0.1, -0.05) is 0 Å². The van der Waals surface area contributed by atoms with E-state index < -0.39 is 4.92 Å². The van der Waals surface area contributed by atoms with Gasteiger partial charge in [0, 0.05) is 22.7 Å². The zero-order valence-corrected chi connectivity index (χ0v) is 16.8. The van der Waals surface area contributed by atoms with Crippen LogP contribution in [0, 0.1) is 21.4 Å². The summed E-state index contributed by atoms with van der Waals surface area (Å²) in [5.41, 5.74) is 2.82. The Morgan fingerprint density at radius 2 is 2.00 bits per heavy atom. The molecular weight excluding hydrogens is 390 g/mol. The number of carbonyl (C=O) groups excluding carboxylic acids is 1. The molecule has 1 aliphatic heterocycles. The van der Waals surface area contributed by atoms with Gasteiger partial charge in [0.2, 0.25) is 0 Å². The molecule has 0 bridgehead atoms. The summed E-state index contributed by atoms with van der Waals surface area (Å²) >= 11 is 1.54. The highest BCUT2D eigenvalue weighted by atomic mass is 32.1. The van der Waals surface area contributed by atoms with Crippen molar-refractivity contribution >= 4 is 33.6 Å². The highest BCUT2D eigenvalue weighted by molar-refractivity contribution is 7.16. The summed E-state index contributed by atoms with van der Waals surface area (Å²) in [4.78, 5) is 27.5. The zero-order valence-electron chi connectivity index (χ0n) is 15.9. The van der Waals surface area contributed by atoms with Gasteiger partial charge in [0.15, 0.2) is 6.54 Å². The number of hydrogen-bond donors (Lipinski definition) is 2. The molecule has 2 N–H and O–H groups in total. The summed E-state index contributed by atoms with van der Waals surface area (Å²) in [5.74, 6) is -0.0554. The standard InChI is InChI=1S/C20H21N5O3S/c21-12-17-16-2-1-3-18(16)29-20(17)22-19(26)13-23-8-10-24(11-9-23)14-4-6-15(7-5-14)25(27)28/h4-7H,1-3,8-11,13H2,(H,22,26)/p+1. The van der Waals surface area contributed by atoms with Gasteiger partial charge in [-0.3, -0.25) is 14.9 Å². The van der Waals surface area contributed by atoms with Gasteiger partial charge in [-0.2, -0.15) is 5.26 Å². The first-order valence-corrected chi connectivity index (χ1v) is 10.5. The van der Waals surface area contributed by atoms with Gasteiger partial charge in [-0.15, -0.1) is 11.3 Å². The number of quaternary nitrogens is 1. The highest BCUT2D eigenvalue weighted by Gasteiger charge is 2.26. The Kier molecular flexibility index (Phi) is 5.47. The number of anilines is 2. The van der Waals surface area contributed by atoms with Crippen molar-refractivity contribution in [2.75, 3.05) is 42.9 Å². The van der Waals surface area contributed by atoms with Crippen LogP contribution in [0.15, 0.2) is 24.3 Å². The summed E-state index contributed by atoms with van der Waals surface area (Å²) in [7, 11) is 0. The Morgan fingerprint density at radius 3 is 2.66 bits per heavy atom. The van der Waals surface area contributed by atoms with E-state index in [-0.39, 0.29) is 11.6 Å². The number of rotatable bonds is 5. The van der Waals surface area contributed by atoms with Crippen LogP contribution in [0.4, 0.5) is 16.4 Å². The van der Waals surface area contributed by atoms with Crippen molar-refractivity contribution in [3.8, 4) is 6.07 Å². The second-order valence-electron chi connectivity index (χ2n) is 7.41. The molecule has 2 aliphatic rings. The van der Waals surface area contributed by atoms with Gasteiger partial charge in [-0.05, 0) is 37.0 Å². The predicted molar refractivity (Wildman–Crippen MR) is 111 cm³/mol. The molecule has 1 aromatic heterocycles. The van der Waals surface area contributed by atoms with Crippen molar-refractivity contribution < 1.29 is 14.6 Å². The monoisotopic (exact) mass is 412 g/mol. The van der Waals surface area contributed by atoms with E-state index in [4.69, 9.17) is 0 Å². The Morgan fingerprint density at radius 1 is 1.28 bits per heavy atom. The van der Waals surface area contributed by atoms with E-state index in [0.29, 0.717) is 17.1 Å². The first kappa shape index (κ1) is 19.4. The molecule has 2 heterocycles. The molecule has 1 saturated heterocycles. The average Bonchev–Trinajstić information content (AvgIpc) is 3.29. The SMILES string of the molecule is N#Cc1c(NC(=O)C[NH+]2CCN(c3ccc([N+](=O)[O-])cc3)CC2)sc2c1CCC2. The molecule has 0 unspecified atom stereocenters. The maximum atomic E-state index is 12.5. The number of nitrogens with zero attached hydrogens (tertiary/aromatic N) is 3. The van der Waals surface area contributed by atoms with Crippen LogP contribution in [0.1, 0.15) is 22.4 Å². The maximum Gasteiger partial charge on any atom is 0.280 e. The molecule has 8 nitrogen and oxygen atoms in total. The van der Waals surface area contributed by atoms with Crippen LogP contribution in [0.5, 0.6) is 0 Å². The van der Waals surface area contributed by atoms with Gasteiger partial charge >= 0.3 is 0 Å². The molecule has 2 aromatic rings. The molecule has 0 atom stereocenters. The number of nitrogens with one attached hydrogen (secondary N) is 2. The van der Waals surface area contributed by atoms with E-state index in [0.717, 1.165) is 56.7 Å². The third-order valence-electron chi connectivity index (χ3n) is 5.59. The number of fused-ring (bicyclic) bond motifs is 1. The van der Waals surface area contributed by atoms with Crippen molar-refractivity contribution in [3.63, 3.8) is 0 Å². The minimum atomic E-state index is -0.398. The lowest BCUT2D eigenvalue weighted by atomic mass is 10.1. The lowest BCUT2D eigenvalue weighted by Crippen LogP contribution is -3.15. The summed E-state index contributed by atoms with van der Waals surface area (Å²) in [6, 6.07) is 8.85. The first-order valence-electron chi connectivity index (χ1n) is 9.72. The molecule has 1 aliphatic carbocycles. The second kappa shape index (κ2) is 8.19. The molecule has 4 rings (SSSR count). The Labute approximate surface area is 172 Å². The number of non-ortho nitro benzene ring substituents is 1. The third-order valence-corrected chi connectivity index (χ3v) is 6.80. The smallest absolute Gasteiger partial charge is 0.280 e. The van der Waals surface area contributed by atoms with Crippen LogP contribution < -0.4 is 15.1 Å². The Hall–Kier alpha value is -2.96. The van der Waals surface area contributed by atoms with Crippen molar-refractivity contribution in [1.29, 1.82) is 5.26 Å². The molecule has 0 spiro atoms. The van der Waals surface area contributed by atoms with Crippen molar-refractivity contribution in [3.05, 3.63) is 50.4 Å². The van der Waals surface area contributed by atoms with Crippen LogP contribution in [0.2, 0.25) is 0 Å². The third kappa shape index (κ3) is 4.09. The molecule has 0 radical (unpaired) electrons. The molecule has 1 fully saturated rings. The number of nitro groups is 1. The van der Waals surface area contributed by atoms with Gasteiger partial charge in [0.25, 0.3) is 11.6 Å². The largest absolute Gasteiger partial charge is 0.360 e. The van der Waals surface area contributed by atoms with Crippen LogP contribution >= 0.6 is 11.3 Å². The topological polar surface area (TPSA) is 104 Å². The molecule has 1 amide bonds. The summed E-state index contributed by atoms with van der Waals surface area (Å²) in [6.45, 7) is 3.59. The number of aryl methyl sites for hydroxylation is 1. The minimum Gasteiger partial charge on any atom is -0.360 e. The van der Waals surface area contributed by atoms with Crippen molar-refractivity contribution in [2.45, 2.75) is 19.3 Å². The minimum absolute atomic E-state index is 0.0554. The van der Waals surface area contributed by atoms with Crippen molar-refractivity contribution in [1.82, 2.24) is 0 Å². The second-order valence-corrected chi connectivity index (χ2v) is 8.51. The summed E-state index contributed by atoms with van der Waals surface area (Å²) < 4.78 is 0. The molecule has 29 heavy (non-hydrogen) atoms. The van der Waals surface area contributed by atoms with Gasteiger partial charge < -0.3 is 15.1 Å². The Balaban J connectivity index is 1.30. The lowest BCUT2D eigenvalue weighted by Gasteiger charge is -2.33. The number of nitriles is 1. The number of thiophene rings is 1. The summed E-state index contributed by atoms with van der Waals surface area (Å²) in [6.07, 6.45) is 3.02. The van der Waals surface area contributed by atoms with Gasteiger partial charge in [-0.25, -0.2) is 0 Å². The van der Waals surface area contributed by atoms with Gasteiger partial charge in [0.05, 0.1) is 36.7 Å². The molecule has 1 aromatic carbocycles. The number of hydrogen-bond acceptors (Lipinski definition) is 6. The predicted octanol–water partition coefficient (Wildman–Crippen LogP) is 1.36. The maximum absolute atomic E-state index is 12.5.